The number of nitrogens with one attached hydrogen (secondary N) is 1. The average molecular weight is 311 g/mol. The molecule has 1 aromatic heterocycles. The lowest BCUT2D eigenvalue weighted by molar-refractivity contribution is -0.139. The first-order chi connectivity index (χ1) is 10.6. The molecule has 0 saturated carbocycles. The molecule has 0 fully saturated rings. The number of carbonyl (C=O) groups excluding carboxylic acids is 1. The van der Waals surface area contributed by atoms with Crippen LogP contribution in [0.15, 0.2) is 60.0 Å². The zero-order valence-electron chi connectivity index (χ0n) is 11.5. The summed E-state index contributed by atoms with van der Waals surface area (Å²) in [5.74, 6) is -1.49. The van der Waals surface area contributed by atoms with Gasteiger partial charge in [0.05, 0.1) is 0 Å². The van der Waals surface area contributed by atoms with E-state index in [2.05, 4.69) is 5.32 Å². The third-order valence-corrected chi connectivity index (χ3v) is 4.27. The van der Waals surface area contributed by atoms with E-state index in [0.717, 1.165) is 10.1 Å². The number of amides is 1. The highest BCUT2D eigenvalue weighted by Crippen LogP contribution is 2.22. The fourth-order valence-corrected chi connectivity index (χ4v) is 3.03. The van der Waals surface area contributed by atoms with E-state index in [1.165, 1.54) is 0 Å². The molecule has 0 aliphatic rings. The summed E-state index contributed by atoms with van der Waals surface area (Å²) in [5, 5.41) is 14.8. The molecule has 2 aromatic carbocycles. The third-order valence-electron chi connectivity index (χ3n) is 3.37. The van der Waals surface area contributed by atoms with Gasteiger partial charge in [-0.15, -0.1) is 11.3 Å². The van der Waals surface area contributed by atoms with Crippen LogP contribution >= 0.6 is 11.3 Å². The first-order valence-corrected chi connectivity index (χ1v) is 7.59. The van der Waals surface area contributed by atoms with Gasteiger partial charge in [0.2, 0.25) is 0 Å². The maximum atomic E-state index is 12.3. The van der Waals surface area contributed by atoms with Crippen molar-refractivity contribution in [1.82, 2.24) is 5.32 Å². The number of carboxylic acids is 1. The summed E-state index contributed by atoms with van der Waals surface area (Å²) < 4.78 is 1.09. The molecule has 3 aromatic rings. The molecular weight excluding hydrogens is 298 g/mol. The van der Waals surface area contributed by atoms with Crippen molar-refractivity contribution in [1.29, 1.82) is 0 Å². The van der Waals surface area contributed by atoms with Gasteiger partial charge in [-0.2, -0.15) is 0 Å². The highest BCUT2D eigenvalue weighted by atomic mass is 32.1. The summed E-state index contributed by atoms with van der Waals surface area (Å²) in [6, 6.07) is 14.9. The second-order valence-electron chi connectivity index (χ2n) is 4.83. The first kappa shape index (κ1) is 14.3. The minimum absolute atomic E-state index is 0.399. The molecule has 3 rings (SSSR count). The van der Waals surface area contributed by atoms with Crippen LogP contribution in [0.2, 0.25) is 0 Å². The largest absolute Gasteiger partial charge is 0.479 e. The van der Waals surface area contributed by atoms with Crippen LogP contribution in [0.25, 0.3) is 10.1 Å². The normalized spacial score (nSPS) is 12.0. The van der Waals surface area contributed by atoms with Crippen LogP contribution in [0.1, 0.15) is 22.0 Å². The predicted octanol–water partition coefficient (Wildman–Crippen LogP) is 3.46. The van der Waals surface area contributed by atoms with Gasteiger partial charge in [0.25, 0.3) is 5.91 Å². The molecule has 0 bridgehead atoms. The van der Waals surface area contributed by atoms with E-state index in [0.29, 0.717) is 11.1 Å². The van der Waals surface area contributed by atoms with Gasteiger partial charge in [0, 0.05) is 10.3 Å². The summed E-state index contributed by atoms with van der Waals surface area (Å²) in [4.78, 5) is 23.8. The van der Waals surface area contributed by atoms with Crippen molar-refractivity contribution in [3.05, 3.63) is 71.1 Å². The molecule has 0 saturated heterocycles. The van der Waals surface area contributed by atoms with Crippen LogP contribution in [0.5, 0.6) is 0 Å². The number of benzene rings is 2. The SMILES string of the molecule is O=C(N[C@H](C(=O)O)c1ccccc1)c1ccc2sccc2c1. The number of thiophene rings is 1. The molecule has 1 atom stereocenters. The highest BCUT2D eigenvalue weighted by Gasteiger charge is 2.22. The molecule has 0 aliphatic carbocycles. The number of carboxylic acid groups (broad SMARTS) is 1. The Labute approximate surface area is 131 Å². The smallest absolute Gasteiger partial charge is 0.330 e. The minimum atomic E-state index is -1.09. The Balaban J connectivity index is 1.86. The quantitative estimate of drug-likeness (QED) is 0.775. The molecule has 0 unspecified atom stereocenters. The summed E-state index contributed by atoms with van der Waals surface area (Å²) in [7, 11) is 0. The molecule has 4 nitrogen and oxygen atoms in total. The Bertz CT molecular complexity index is 826. The molecule has 110 valence electrons. The van der Waals surface area contributed by atoms with E-state index < -0.39 is 17.9 Å². The van der Waals surface area contributed by atoms with Crippen molar-refractivity contribution < 1.29 is 14.7 Å². The second kappa shape index (κ2) is 5.99. The van der Waals surface area contributed by atoms with Gasteiger partial charge in [-0.1, -0.05) is 30.3 Å². The van der Waals surface area contributed by atoms with E-state index in [1.54, 1.807) is 53.8 Å². The van der Waals surface area contributed by atoms with Gasteiger partial charge in [-0.3, -0.25) is 4.79 Å². The standard InChI is InChI=1S/C17H13NO3S/c19-16(13-6-7-14-12(10-13)8-9-22-14)18-15(17(20)21)11-4-2-1-3-5-11/h1-10,15H,(H,18,19)(H,20,21)/t15-/m0/s1. The average Bonchev–Trinajstić information content (AvgIpc) is 3.00. The van der Waals surface area contributed by atoms with Gasteiger partial charge >= 0.3 is 5.97 Å². The maximum Gasteiger partial charge on any atom is 0.330 e. The van der Waals surface area contributed by atoms with Crippen molar-refractivity contribution in [3.63, 3.8) is 0 Å². The molecule has 0 radical (unpaired) electrons. The maximum absolute atomic E-state index is 12.3. The monoisotopic (exact) mass is 311 g/mol. The number of fused-ring (bicyclic) bond motifs is 1. The predicted molar refractivity (Wildman–Crippen MR) is 86.1 cm³/mol. The number of hydrogen-bond acceptors (Lipinski definition) is 3. The molecule has 1 heterocycles. The lowest BCUT2D eigenvalue weighted by Crippen LogP contribution is -2.33. The highest BCUT2D eigenvalue weighted by molar-refractivity contribution is 7.17. The van der Waals surface area contributed by atoms with Crippen LogP contribution in [-0.4, -0.2) is 17.0 Å². The molecule has 1 amide bonds. The Morgan fingerprint density at radius 3 is 2.55 bits per heavy atom. The van der Waals surface area contributed by atoms with Crippen LogP contribution in [0, 0.1) is 0 Å². The van der Waals surface area contributed by atoms with Crippen molar-refractivity contribution in [2.24, 2.45) is 0 Å². The van der Waals surface area contributed by atoms with Gasteiger partial charge in [-0.25, -0.2) is 4.79 Å². The Morgan fingerprint density at radius 2 is 1.82 bits per heavy atom. The Hall–Kier alpha value is -2.66. The van der Waals surface area contributed by atoms with E-state index in [4.69, 9.17) is 0 Å². The number of aliphatic carboxylic acids is 1. The Kier molecular flexibility index (Phi) is 3.89. The Morgan fingerprint density at radius 1 is 1.05 bits per heavy atom. The van der Waals surface area contributed by atoms with Crippen molar-refractivity contribution in [2.75, 3.05) is 0 Å². The second-order valence-corrected chi connectivity index (χ2v) is 5.78. The van der Waals surface area contributed by atoms with Crippen LogP contribution in [0.3, 0.4) is 0 Å². The van der Waals surface area contributed by atoms with Gasteiger partial charge in [-0.05, 0) is 40.6 Å². The van der Waals surface area contributed by atoms with E-state index >= 15 is 0 Å². The van der Waals surface area contributed by atoms with Gasteiger partial charge in [0.15, 0.2) is 6.04 Å². The first-order valence-electron chi connectivity index (χ1n) is 6.71. The van der Waals surface area contributed by atoms with Gasteiger partial charge < -0.3 is 10.4 Å². The van der Waals surface area contributed by atoms with Crippen molar-refractivity contribution >= 4 is 33.3 Å². The van der Waals surface area contributed by atoms with Crippen LogP contribution in [0.4, 0.5) is 0 Å². The molecule has 0 spiro atoms. The van der Waals surface area contributed by atoms with E-state index in [-0.39, 0.29) is 0 Å². The van der Waals surface area contributed by atoms with Crippen molar-refractivity contribution in [2.45, 2.75) is 6.04 Å². The minimum Gasteiger partial charge on any atom is -0.479 e. The zero-order chi connectivity index (χ0) is 15.5. The molecule has 0 aliphatic heterocycles. The lowest BCUT2D eigenvalue weighted by atomic mass is 10.1. The molecule has 2 N–H and O–H groups in total. The summed E-state index contributed by atoms with van der Waals surface area (Å²) in [5.41, 5.74) is 0.994. The topological polar surface area (TPSA) is 66.4 Å². The van der Waals surface area contributed by atoms with Crippen LogP contribution < -0.4 is 5.32 Å². The van der Waals surface area contributed by atoms with E-state index in [9.17, 15) is 14.7 Å². The summed E-state index contributed by atoms with van der Waals surface area (Å²) in [6.45, 7) is 0. The summed E-state index contributed by atoms with van der Waals surface area (Å²) >= 11 is 1.60. The summed E-state index contributed by atoms with van der Waals surface area (Å²) in [6.07, 6.45) is 0. The zero-order valence-corrected chi connectivity index (χ0v) is 12.3. The molecular formula is C17H13NO3S. The number of hydrogen-bond donors (Lipinski definition) is 2. The third kappa shape index (κ3) is 2.84. The number of rotatable bonds is 4. The lowest BCUT2D eigenvalue weighted by Gasteiger charge is -2.15. The molecule has 5 heteroatoms. The van der Waals surface area contributed by atoms with Gasteiger partial charge in [0.1, 0.15) is 0 Å². The van der Waals surface area contributed by atoms with Crippen molar-refractivity contribution in [3.8, 4) is 0 Å². The van der Waals surface area contributed by atoms with Crippen LogP contribution in [-0.2, 0) is 4.79 Å². The fourth-order valence-electron chi connectivity index (χ4n) is 2.26. The number of carbonyl (C=O) groups is 2. The molecule has 22 heavy (non-hydrogen) atoms. The fraction of sp³-hybridized carbons (Fsp3) is 0.0588. The van der Waals surface area contributed by atoms with E-state index in [1.807, 2.05) is 17.5 Å².